The van der Waals surface area contributed by atoms with E-state index in [9.17, 15) is 0 Å². The molecule has 3 aromatic rings. The van der Waals surface area contributed by atoms with Crippen molar-refractivity contribution in [2.75, 3.05) is 0 Å². The molecule has 40 heavy (non-hydrogen) atoms. The number of hydrogen-bond donors (Lipinski definition) is 0. The summed E-state index contributed by atoms with van der Waals surface area (Å²) >= 11 is 0. The van der Waals surface area contributed by atoms with Crippen LogP contribution in [0.5, 0.6) is 0 Å². The molecule has 1 heteroatoms. The highest BCUT2D eigenvalue weighted by Crippen LogP contribution is 2.49. The maximum Gasteiger partial charge on any atom is 0.0859 e. The van der Waals surface area contributed by atoms with Crippen molar-refractivity contribution < 1.29 is 0 Å². The first-order chi connectivity index (χ1) is 18.9. The minimum Gasteiger partial charge on any atom is -0.0767 e. The van der Waals surface area contributed by atoms with Crippen molar-refractivity contribution in [2.45, 2.75) is 104 Å². The second-order valence-electron chi connectivity index (χ2n) is 14.4. The van der Waals surface area contributed by atoms with Gasteiger partial charge in [-0.3, -0.25) is 0 Å². The molecule has 0 saturated carbocycles. The molecule has 1 atom stereocenters. The Morgan fingerprint density at radius 1 is 0.725 bits per heavy atom. The predicted octanol–water partition coefficient (Wildman–Crippen LogP) is 10.4. The molecule has 3 aromatic carbocycles. The molecule has 0 aromatic heterocycles. The van der Waals surface area contributed by atoms with E-state index in [0.29, 0.717) is 11.8 Å². The van der Waals surface area contributed by atoms with Crippen LogP contribution in [0.4, 0.5) is 0 Å². The number of rotatable bonds is 7. The van der Waals surface area contributed by atoms with Crippen molar-refractivity contribution >= 4 is 13.3 Å². The highest BCUT2D eigenvalue weighted by Gasteiger charge is 2.35. The summed E-state index contributed by atoms with van der Waals surface area (Å²) in [6, 6.07) is 26.1. The molecule has 1 unspecified atom stereocenters. The molecule has 0 N–H and O–H groups in total. The van der Waals surface area contributed by atoms with Gasteiger partial charge >= 0.3 is 0 Å². The van der Waals surface area contributed by atoms with Crippen LogP contribution in [0.3, 0.4) is 0 Å². The Labute approximate surface area is 245 Å². The van der Waals surface area contributed by atoms with E-state index in [2.05, 4.69) is 141 Å². The molecule has 0 heterocycles. The standard InChI is InChI=1S/C39H50Si/c1-10-40(11-2,12-3)31-20-17-28(18-21-31)36(27-15-13-14-16-27)37-34-26-29-25-30(38(4,5)6)19-22-32(29)33(34)23-24-35(37)39(7,8)9/h13-25,27,36H,10-12,26H2,1-9H3. The number of benzene rings is 3. The van der Waals surface area contributed by atoms with Crippen molar-refractivity contribution in [3.05, 3.63) is 112 Å². The third-order valence-electron chi connectivity index (χ3n) is 10.2. The van der Waals surface area contributed by atoms with Gasteiger partial charge in [0.2, 0.25) is 0 Å². The molecule has 0 saturated heterocycles. The summed E-state index contributed by atoms with van der Waals surface area (Å²) in [5.74, 6) is 0.684. The minimum atomic E-state index is -1.41. The van der Waals surface area contributed by atoms with Gasteiger partial charge < -0.3 is 0 Å². The lowest BCUT2D eigenvalue weighted by molar-refractivity contribution is 0.565. The minimum absolute atomic E-state index is 0.0641. The van der Waals surface area contributed by atoms with E-state index in [1.807, 2.05) is 0 Å². The van der Waals surface area contributed by atoms with Crippen LogP contribution in [0.1, 0.15) is 102 Å². The van der Waals surface area contributed by atoms with Crippen LogP contribution in [0.2, 0.25) is 18.1 Å². The van der Waals surface area contributed by atoms with Gasteiger partial charge in [-0.05, 0) is 61.8 Å². The van der Waals surface area contributed by atoms with Gasteiger partial charge in [-0.15, -0.1) is 0 Å². The summed E-state index contributed by atoms with van der Waals surface area (Å²) in [6.07, 6.45) is 10.4. The fourth-order valence-corrected chi connectivity index (χ4v) is 11.0. The summed E-state index contributed by atoms with van der Waals surface area (Å²) < 4.78 is 0. The maximum atomic E-state index is 2.51. The van der Waals surface area contributed by atoms with Crippen molar-refractivity contribution in [1.29, 1.82) is 0 Å². The summed E-state index contributed by atoms with van der Waals surface area (Å²) in [6.45, 7) is 21.4. The number of hydrogen-bond acceptors (Lipinski definition) is 0. The van der Waals surface area contributed by atoms with Crippen molar-refractivity contribution in [3.63, 3.8) is 0 Å². The van der Waals surface area contributed by atoms with Gasteiger partial charge in [0.25, 0.3) is 0 Å². The maximum absolute atomic E-state index is 2.51. The monoisotopic (exact) mass is 546 g/mol. The molecule has 2 aliphatic rings. The van der Waals surface area contributed by atoms with E-state index in [1.165, 1.54) is 51.5 Å². The lowest BCUT2D eigenvalue weighted by atomic mass is 9.71. The summed E-state index contributed by atoms with van der Waals surface area (Å²) in [5.41, 5.74) is 12.1. The first kappa shape index (κ1) is 28.9. The Morgan fingerprint density at radius 3 is 1.88 bits per heavy atom. The first-order valence-corrected chi connectivity index (χ1v) is 18.3. The Hall–Kier alpha value is -2.64. The normalized spacial score (nSPS) is 15.9. The fraction of sp³-hybridized carbons (Fsp3) is 0.436. The molecule has 0 bridgehead atoms. The third-order valence-corrected chi connectivity index (χ3v) is 15.8. The lowest BCUT2D eigenvalue weighted by Crippen LogP contribution is -2.45. The third kappa shape index (κ3) is 5.00. The van der Waals surface area contributed by atoms with Crippen LogP contribution in [0.25, 0.3) is 11.1 Å². The Balaban J connectivity index is 1.70. The van der Waals surface area contributed by atoms with Crippen LogP contribution in [0.15, 0.2) is 78.9 Å². The summed E-state index contributed by atoms with van der Waals surface area (Å²) in [5, 5.41) is 1.64. The highest BCUT2D eigenvalue weighted by atomic mass is 28.3. The fourth-order valence-electron chi connectivity index (χ4n) is 7.44. The van der Waals surface area contributed by atoms with Gasteiger partial charge in [0.05, 0.1) is 8.07 Å². The van der Waals surface area contributed by atoms with E-state index in [1.54, 1.807) is 16.3 Å². The quantitative estimate of drug-likeness (QED) is 0.202. The van der Waals surface area contributed by atoms with Crippen LogP contribution >= 0.6 is 0 Å². The van der Waals surface area contributed by atoms with E-state index in [4.69, 9.17) is 0 Å². The van der Waals surface area contributed by atoms with E-state index in [0.717, 1.165) is 6.42 Å². The number of fused-ring (bicyclic) bond motifs is 3. The first-order valence-electron chi connectivity index (χ1n) is 15.7. The second kappa shape index (κ2) is 10.6. The van der Waals surface area contributed by atoms with Gasteiger partial charge in [-0.25, -0.2) is 0 Å². The van der Waals surface area contributed by atoms with E-state index in [-0.39, 0.29) is 10.8 Å². The second-order valence-corrected chi connectivity index (χ2v) is 19.6. The van der Waals surface area contributed by atoms with Crippen molar-refractivity contribution in [2.24, 2.45) is 5.92 Å². The molecular weight excluding hydrogens is 497 g/mol. The molecular formula is C39H50Si. The Kier molecular flexibility index (Phi) is 7.68. The van der Waals surface area contributed by atoms with E-state index < -0.39 is 8.07 Å². The van der Waals surface area contributed by atoms with Gasteiger partial charge in [0.15, 0.2) is 0 Å². The Bertz CT molecular complexity index is 1410. The van der Waals surface area contributed by atoms with Crippen LogP contribution < -0.4 is 5.19 Å². The molecule has 0 amide bonds. The zero-order valence-electron chi connectivity index (χ0n) is 26.5. The predicted molar refractivity (Wildman–Crippen MR) is 179 cm³/mol. The number of allylic oxidation sites excluding steroid dienone is 4. The molecule has 0 nitrogen and oxygen atoms in total. The molecule has 210 valence electrons. The van der Waals surface area contributed by atoms with Gasteiger partial charge in [0, 0.05) is 11.8 Å². The molecule has 0 fully saturated rings. The van der Waals surface area contributed by atoms with Gasteiger partial charge in [-0.2, -0.15) is 0 Å². The lowest BCUT2D eigenvalue weighted by Gasteiger charge is -2.33. The van der Waals surface area contributed by atoms with Crippen molar-refractivity contribution in [1.82, 2.24) is 0 Å². The van der Waals surface area contributed by atoms with Crippen LogP contribution in [0, 0.1) is 5.92 Å². The van der Waals surface area contributed by atoms with Crippen molar-refractivity contribution in [3.8, 4) is 11.1 Å². The molecule has 5 rings (SSSR count). The highest BCUT2D eigenvalue weighted by molar-refractivity contribution is 6.91. The van der Waals surface area contributed by atoms with Gasteiger partial charge in [0.1, 0.15) is 0 Å². The average Bonchev–Trinajstić information content (AvgIpc) is 3.58. The van der Waals surface area contributed by atoms with Crippen LogP contribution in [-0.2, 0) is 17.3 Å². The molecule has 0 spiro atoms. The van der Waals surface area contributed by atoms with Crippen LogP contribution in [-0.4, -0.2) is 8.07 Å². The van der Waals surface area contributed by atoms with Gasteiger partial charge in [-0.1, -0.05) is 165 Å². The summed E-state index contributed by atoms with van der Waals surface area (Å²) in [4.78, 5) is 0. The molecule has 0 aliphatic heterocycles. The zero-order valence-corrected chi connectivity index (χ0v) is 27.5. The smallest absolute Gasteiger partial charge is 0.0767 e. The average molecular weight is 547 g/mol. The topological polar surface area (TPSA) is 0 Å². The zero-order chi connectivity index (χ0) is 28.9. The molecule has 0 radical (unpaired) electrons. The Morgan fingerprint density at radius 2 is 1.32 bits per heavy atom. The molecule has 2 aliphatic carbocycles. The summed E-state index contributed by atoms with van der Waals surface area (Å²) in [7, 11) is -1.41. The largest absolute Gasteiger partial charge is 0.0859 e. The van der Waals surface area contributed by atoms with E-state index >= 15 is 0 Å². The SMILES string of the molecule is CC[Si](CC)(CC)c1ccc(C(c2c(C(C)(C)C)ccc3c2Cc2cc(C(C)(C)C)ccc2-3)C2C=CC=C2)cc1.